The maximum absolute atomic E-state index is 5.90. The molecule has 0 spiro atoms. The average molecular weight is 298 g/mol. The van der Waals surface area contributed by atoms with Crippen LogP contribution in [0.15, 0.2) is 0 Å². The highest BCUT2D eigenvalue weighted by molar-refractivity contribution is 4.83. The van der Waals surface area contributed by atoms with Crippen molar-refractivity contribution in [1.82, 2.24) is 5.32 Å². The molecule has 1 heterocycles. The molecule has 1 rings (SSSR count). The Morgan fingerprint density at radius 2 is 1.52 bits per heavy atom. The van der Waals surface area contributed by atoms with Crippen molar-refractivity contribution < 1.29 is 4.74 Å². The van der Waals surface area contributed by atoms with Crippen molar-refractivity contribution in [3.05, 3.63) is 0 Å². The van der Waals surface area contributed by atoms with Crippen molar-refractivity contribution in [2.24, 2.45) is 5.92 Å². The van der Waals surface area contributed by atoms with Gasteiger partial charge in [0.25, 0.3) is 0 Å². The van der Waals surface area contributed by atoms with Crippen LogP contribution in [0, 0.1) is 5.92 Å². The average Bonchev–Trinajstić information content (AvgIpc) is 2.91. The summed E-state index contributed by atoms with van der Waals surface area (Å²) in [5, 5.41) is 3.48. The van der Waals surface area contributed by atoms with Crippen LogP contribution < -0.4 is 5.32 Å². The molecule has 3 unspecified atom stereocenters. The standard InChI is InChI=1S/C19H39NO/c1-4-5-6-7-8-9-10-11-12-13-14-18(20-3)19-17(2)15-16-21-19/h17-20H,4-16H2,1-3H3. The smallest absolute Gasteiger partial charge is 0.0754 e. The Morgan fingerprint density at radius 1 is 0.952 bits per heavy atom. The summed E-state index contributed by atoms with van der Waals surface area (Å²) in [6.07, 6.45) is 17.2. The van der Waals surface area contributed by atoms with Crippen LogP contribution in [0.4, 0.5) is 0 Å². The summed E-state index contributed by atoms with van der Waals surface area (Å²) in [4.78, 5) is 0. The van der Waals surface area contributed by atoms with E-state index < -0.39 is 0 Å². The Kier molecular flexibility index (Phi) is 11.3. The quantitative estimate of drug-likeness (QED) is 0.465. The lowest BCUT2D eigenvalue weighted by atomic mass is 9.93. The Bertz CT molecular complexity index is 232. The zero-order valence-corrected chi connectivity index (χ0v) is 14.8. The minimum atomic E-state index is 0.452. The molecule has 2 nitrogen and oxygen atoms in total. The molecule has 1 fully saturated rings. The van der Waals surface area contributed by atoms with Gasteiger partial charge in [-0.15, -0.1) is 0 Å². The lowest BCUT2D eigenvalue weighted by Crippen LogP contribution is -2.40. The number of hydrogen-bond donors (Lipinski definition) is 1. The van der Waals surface area contributed by atoms with E-state index in [1.165, 1.54) is 77.0 Å². The first-order chi connectivity index (χ1) is 10.3. The predicted molar refractivity (Wildman–Crippen MR) is 92.8 cm³/mol. The van der Waals surface area contributed by atoms with Gasteiger partial charge in [-0.3, -0.25) is 0 Å². The fourth-order valence-corrected chi connectivity index (χ4v) is 3.56. The van der Waals surface area contributed by atoms with E-state index in [4.69, 9.17) is 4.74 Å². The Balaban J connectivity index is 1.93. The van der Waals surface area contributed by atoms with Gasteiger partial charge in [0.1, 0.15) is 0 Å². The number of rotatable bonds is 13. The van der Waals surface area contributed by atoms with E-state index in [0.717, 1.165) is 12.5 Å². The summed E-state index contributed by atoms with van der Waals surface area (Å²) in [5.41, 5.74) is 0. The number of hydrogen-bond acceptors (Lipinski definition) is 2. The zero-order chi connectivity index (χ0) is 15.3. The summed E-state index contributed by atoms with van der Waals surface area (Å²) in [5.74, 6) is 0.727. The molecule has 21 heavy (non-hydrogen) atoms. The molecule has 0 bridgehead atoms. The molecule has 1 N–H and O–H groups in total. The monoisotopic (exact) mass is 297 g/mol. The maximum Gasteiger partial charge on any atom is 0.0754 e. The normalized spacial score (nSPS) is 23.6. The van der Waals surface area contributed by atoms with E-state index in [-0.39, 0.29) is 0 Å². The van der Waals surface area contributed by atoms with Crippen molar-refractivity contribution in [2.75, 3.05) is 13.7 Å². The van der Waals surface area contributed by atoms with Crippen molar-refractivity contribution in [1.29, 1.82) is 0 Å². The maximum atomic E-state index is 5.90. The third-order valence-corrected chi connectivity index (χ3v) is 5.08. The largest absolute Gasteiger partial charge is 0.376 e. The minimum absolute atomic E-state index is 0.452. The zero-order valence-electron chi connectivity index (χ0n) is 14.8. The highest BCUT2D eigenvalue weighted by atomic mass is 16.5. The van der Waals surface area contributed by atoms with Gasteiger partial charge in [0.15, 0.2) is 0 Å². The van der Waals surface area contributed by atoms with Gasteiger partial charge in [-0.25, -0.2) is 0 Å². The minimum Gasteiger partial charge on any atom is -0.376 e. The molecule has 0 aromatic rings. The Labute approximate surface area is 133 Å². The lowest BCUT2D eigenvalue weighted by molar-refractivity contribution is 0.0598. The highest BCUT2D eigenvalue weighted by Crippen LogP contribution is 2.25. The molecule has 1 saturated heterocycles. The van der Waals surface area contributed by atoms with Crippen LogP contribution in [-0.4, -0.2) is 25.8 Å². The van der Waals surface area contributed by atoms with Gasteiger partial charge < -0.3 is 10.1 Å². The third-order valence-electron chi connectivity index (χ3n) is 5.08. The van der Waals surface area contributed by atoms with Crippen LogP contribution in [0.5, 0.6) is 0 Å². The molecular formula is C19H39NO. The van der Waals surface area contributed by atoms with Crippen LogP contribution in [-0.2, 0) is 4.74 Å². The second-order valence-corrected chi connectivity index (χ2v) is 6.97. The number of unbranched alkanes of at least 4 members (excludes halogenated alkanes) is 9. The molecule has 0 radical (unpaired) electrons. The predicted octanol–water partition coefficient (Wildman–Crippen LogP) is 5.31. The number of nitrogens with one attached hydrogen (secondary N) is 1. The van der Waals surface area contributed by atoms with E-state index >= 15 is 0 Å². The Morgan fingerprint density at radius 3 is 2.00 bits per heavy atom. The van der Waals surface area contributed by atoms with E-state index in [0.29, 0.717) is 12.1 Å². The lowest BCUT2D eigenvalue weighted by Gasteiger charge is -2.25. The first-order valence-electron chi connectivity index (χ1n) is 9.58. The second-order valence-electron chi connectivity index (χ2n) is 6.97. The molecular weight excluding hydrogens is 258 g/mol. The third kappa shape index (κ3) is 8.21. The molecule has 0 aromatic carbocycles. The molecule has 126 valence electrons. The van der Waals surface area contributed by atoms with Crippen LogP contribution in [0.2, 0.25) is 0 Å². The van der Waals surface area contributed by atoms with Crippen LogP contribution >= 0.6 is 0 Å². The van der Waals surface area contributed by atoms with Crippen molar-refractivity contribution in [2.45, 2.75) is 103 Å². The summed E-state index contributed by atoms with van der Waals surface area (Å²) in [6.45, 7) is 5.58. The topological polar surface area (TPSA) is 21.3 Å². The molecule has 1 aliphatic heterocycles. The fourth-order valence-electron chi connectivity index (χ4n) is 3.56. The molecule has 0 saturated carbocycles. The Hall–Kier alpha value is -0.0800. The highest BCUT2D eigenvalue weighted by Gasteiger charge is 2.30. The number of likely N-dealkylation sites (N-methyl/N-ethyl adjacent to an activating group) is 1. The molecule has 1 aliphatic rings. The first-order valence-corrected chi connectivity index (χ1v) is 9.58. The summed E-state index contributed by atoms with van der Waals surface area (Å²) >= 11 is 0. The van der Waals surface area contributed by atoms with E-state index in [2.05, 4.69) is 26.2 Å². The second kappa shape index (κ2) is 12.5. The van der Waals surface area contributed by atoms with Crippen molar-refractivity contribution in [3.8, 4) is 0 Å². The number of ether oxygens (including phenoxy) is 1. The van der Waals surface area contributed by atoms with E-state index in [9.17, 15) is 0 Å². The van der Waals surface area contributed by atoms with Crippen LogP contribution in [0.25, 0.3) is 0 Å². The summed E-state index contributed by atoms with van der Waals surface area (Å²) in [7, 11) is 2.09. The molecule has 2 heteroatoms. The van der Waals surface area contributed by atoms with Gasteiger partial charge in [-0.2, -0.15) is 0 Å². The van der Waals surface area contributed by atoms with Crippen LogP contribution in [0.1, 0.15) is 90.9 Å². The van der Waals surface area contributed by atoms with Crippen LogP contribution in [0.3, 0.4) is 0 Å². The van der Waals surface area contributed by atoms with Gasteiger partial charge in [0.05, 0.1) is 6.10 Å². The van der Waals surface area contributed by atoms with E-state index in [1.54, 1.807) is 0 Å². The summed E-state index contributed by atoms with van der Waals surface area (Å²) < 4.78 is 5.90. The molecule has 0 aliphatic carbocycles. The fraction of sp³-hybridized carbons (Fsp3) is 1.00. The molecule has 0 amide bonds. The van der Waals surface area contributed by atoms with Crippen molar-refractivity contribution in [3.63, 3.8) is 0 Å². The molecule has 0 aromatic heterocycles. The van der Waals surface area contributed by atoms with E-state index in [1.807, 2.05) is 0 Å². The molecule has 3 atom stereocenters. The van der Waals surface area contributed by atoms with Gasteiger partial charge in [-0.05, 0) is 25.8 Å². The van der Waals surface area contributed by atoms with Crippen molar-refractivity contribution >= 4 is 0 Å². The SMILES string of the molecule is CCCCCCCCCCCCC(NC)C1OCCC1C. The summed E-state index contributed by atoms with van der Waals surface area (Å²) in [6, 6.07) is 0.566. The van der Waals surface area contributed by atoms with Gasteiger partial charge in [-0.1, -0.05) is 78.1 Å². The van der Waals surface area contributed by atoms with Gasteiger partial charge >= 0.3 is 0 Å². The van der Waals surface area contributed by atoms with Gasteiger partial charge in [0, 0.05) is 12.6 Å². The van der Waals surface area contributed by atoms with Gasteiger partial charge in [0.2, 0.25) is 0 Å². The first kappa shape index (κ1) is 19.0.